The van der Waals surface area contributed by atoms with Gasteiger partial charge in [0.2, 0.25) is 0 Å². The molecular formula is C17H19NO4. The lowest BCUT2D eigenvalue weighted by molar-refractivity contribution is 0.0150. The maximum absolute atomic E-state index is 9.79. The molecule has 1 aromatic carbocycles. The van der Waals surface area contributed by atoms with Crippen molar-refractivity contribution in [2.75, 3.05) is 6.61 Å². The maximum Gasteiger partial charge on any atom is 0.506 e. The van der Waals surface area contributed by atoms with Crippen LogP contribution in [0.2, 0.25) is 0 Å². The molecule has 0 aliphatic rings. The number of pyridine rings is 1. The summed E-state index contributed by atoms with van der Waals surface area (Å²) in [6.07, 6.45) is 0.489. The lowest BCUT2D eigenvalue weighted by Gasteiger charge is -2.15. The summed E-state index contributed by atoms with van der Waals surface area (Å²) in [6, 6.07) is 9.83. The highest BCUT2D eigenvalue weighted by atomic mass is 16.7. The zero-order valence-corrected chi connectivity index (χ0v) is 12.8. The van der Waals surface area contributed by atoms with Gasteiger partial charge in [-0.2, -0.15) is 0 Å². The normalized spacial score (nSPS) is 10.0. The molecule has 1 aromatic heterocycles. The van der Waals surface area contributed by atoms with E-state index in [2.05, 4.69) is 21.6 Å². The smallest absolute Gasteiger partial charge is 0.450 e. The van der Waals surface area contributed by atoms with Gasteiger partial charge >= 0.3 is 6.16 Å². The molecule has 116 valence electrons. The Balaban J connectivity index is 0.000000261. The predicted molar refractivity (Wildman–Crippen MR) is 84.6 cm³/mol. The second-order valence-electron chi connectivity index (χ2n) is 5.36. The monoisotopic (exact) mass is 301 g/mol. The van der Waals surface area contributed by atoms with E-state index in [0.717, 1.165) is 16.5 Å². The Labute approximate surface area is 129 Å². The SMILES string of the molecule is CC(C)(C)OC(=O)O.OCC#Cc1cnc2ccccc2c1. The number of benzene rings is 1. The van der Waals surface area contributed by atoms with Crippen molar-refractivity contribution < 1.29 is 19.7 Å². The number of fused-ring (bicyclic) bond motifs is 1. The highest BCUT2D eigenvalue weighted by molar-refractivity contribution is 5.79. The third kappa shape index (κ3) is 6.73. The fourth-order valence-electron chi connectivity index (χ4n) is 1.54. The number of para-hydroxylation sites is 1. The number of carboxylic acid groups (broad SMARTS) is 1. The maximum atomic E-state index is 9.79. The molecule has 0 saturated heterocycles. The predicted octanol–water partition coefficient (Wildman–Crippen LogP) is 3.06. The second kappa shape index (κ2) is 8.01. The van der Waals surface area contributed by atoms with Crippen LogP contribution >= 0.6 is 0 Å². The number of carbonyl (C=O) groups is 1. The van der Waals surface area contributed by atoms with Gasteiger partial charge in [0.15, 0.2) is 0 Å². The fourth-order valence-corrected chi connectivity index (χ4v) is 1.54. The first-order chi connectivity index (χ1) is 10.3. The van der Waals surface area contributed by atoms with E-state index in [1.807, 2.05) is 30.3 Å². The molecule has 0 saturated carbocycles. The number of nitrogens with zero attached hydrogens (tertiary/aromatic N) is 1. The molecule has 2 N–H and O–H groups in total. The Bertz CT molecular complexity index is 693. The number of hydrogen-bond acceptors (Lipinski definition) is 4. The zero-order valence-electron chi connectivity index (χ0n) is 12.8. The van der Waals surface area contributed by atoms with Crippen LogP contribution < -0.4 is 0 Å². The summed E-state index contributed by atoms with van der Waals surface area (Å²) in [4.78, 5) is 14.0. The van der Waals surface area contributed by atoms with E-state index in [1.165, 1.54) is 0 Å². The molecule has 0 spiro atoms. The van der Waals surface area contributed by atoms with Crippen molar-refractivity contribution in [2.45, 2.75) is 26.4 Å². The van der Waals surface area contributed by atoms with E-state index >= 15 is 0 Å². The molecule has 2 rings (SSSR count). The molecule has 0 unspecified atom stereocenters. The molecule has 2 aromatic rings. The molecular weight excluding hydrogens is 282 g/mol. The minimum Gasteiger partial charge on any atom is -0.450 e. The number of aromatic nitrogens is 1. The molecule has 0 amide bonds. The quantitative estimate of drug-likeness (QED) is 0.577. The topological polar surface area (TPSA) is 79.7 Å². The summed E-state index contributed by atoms with van der Waals surface area (Å²) in [7, 11) is 0. The van der Waals surface area contributed by atoms with Gasteiger partial charge in [0.25, 0.3) is 0 Å². The Kier molecular flexibility index (Phi) is 6.36. The van der Waals surface area contributed by atoms with Crippen LogP contribution in [0.1, 0.15) is 26.3 Å². The number of rotatable bonds is 0. The van der Waals surface area contributed by atoms with Gasteiger partial charge in [0, 0.05) is 17.1 Å². The molecule has 0 bridgehead atoms. The van der Waals surface area contributed by atoms with E-state index in [4.69, 9.17) is 10.2 Å². The molecule has 5 nitrogen and oxygen atoms in total. The number of aliphatic hydroxyl groups is 1. The Hall–Kier alpha value is -2.58. The van der Waals surface area contributed by atoms with Crippen LogP contribution in [0, 0.1) is 11.8 Å². The van der Waals surface area contributed by atoms with Crippen LogP contribution in [0.15, 0.2) is 36.5 Å². The molecule has 5 heteroatoms. The third-order valence-electron chi connectivity index (χ3n) is 2.30. The number of hydrogen-bond donors (Lipinski definition) is 2. The summed E-state index contributed by atoms with van der Waals surface area (Å²) in [6.45, 7) is 4.93. The van der Waals surface area contributed by atoms with Crippen LogP contribution in [0.3, 0.4) is 0 Å². The van der Waals surface area contributed by atoms with Gasteiger partial charge in [-0.25, -0.2) is 4.79 Å². The van der Waals surface area contributed by atoms with Crippen molar-refractivity contribution >= 4 is 17.1 Å². The minimum atomic E-state index is -1.22. The molecule has 0 fully saturated rings. The zero-order chi connectivity index (χ0) is 16.6. The molecule has 0 aliphatic carbocycles. The first kappa shape index (κ1) is 17.5. The Morgan fingerprint density at radius 1 is 1.32 bits per heavy atom. The van der Waals surface area contributed by atoms with Gasteiger partial charge in [0.05, 0.1) is 5.52 Å². The number of ether oxygens (including phenoxy) is 1. The van der Waals surface area contributed by atoms with Gasteiger partial charge < -0.3 is 14.9 Å². The van der Waals surface area contributed by atoms with Crippen molar-refractivity contribution in [2.24, 2.45) is 0 Å². The van der Waals surface area contributed by atoms with Gasteiger partial charge in [-0.1, -0.05) is 30.0 Å². The van der Waals surface area contributed by atoms with Crippen molar-refractivity contribution in [3.8, 4) is 11.8 Å². The summed E-state index contributed by atoms with van der Waals surface area (Å²) < 4.78 is 4.35. The lowest BCUT2D eigenvalue weighted by Crippen LogP contribution is -2.22. The van der Waals surface area contributed by atoms with Crippen molar-refractivity contribution in [3.05, 3.63) is 42.1 Å². The van der Waals surface area contributed by atoms with Gasteiger partial charge in [-0.15, -0.1) is 0 Å². The van der Waals surface area contributed by atoms with Crippen LogP contribution in [-0.2, 0) is 4.74 Å². The van der Waals surface area contributed by atoms with Crippen molar-refractivity contribution in [1.82, 2.24) is 4.98 Å². The molecule has 0 atom stereocenters. The molecule has 1 heterocycles. The average molecular weight is 301 g/mol. The van der Waals surface area contributed by atoms with Crippen LogP contribution in [0.4, 0.5) is 4.79 Å². The molecule has 22 heavy (non-hydrogen) atoms. The molecule has 0 aliphatic heterocycles. The van der Waals surface area contributed by atoms with Crippen molar-refractivity contribution in [3.63, 3.8) is 0 Å². The Morgan fingerprint density at radius 2 is 2.00 bits per heavy atom. The van der Waals surface area contributed by atoms with Gasteiger partial charge in [0.1, 0.15) is 12.2 Å². The highest BCUT2D eigenvalue weighted by Gasteiger charge is 2.13. The lowest BCUT2D eigenvalue weighted by atomic mass is 10.2. The summed E-state index contributed by atoms with van der Waals surface area (Å²) in [5.41, 5.74) is 1.21. The van der Waals surface area contributed by atoms with E-state index in [1.54, 1.807) is 27.0 Å². The fraction of sp³-hybridized carbons (Fsp3) is 0.294. The van der Waals surface area contributed by atoms with E-state index < -0.39 is 11.8 Å². The van der Waals surface area contributed by atoms with Crippen LogP contribution in [0.5, 0.6) is 0 Å². The van der Waals surface area contributed by atoms with Gasteiger partial charge in [-0.3, -0.25) is 4.98 Å². The first-order valence-electron chi connectivity index (χ1n) is 6.68. The van der Waals surface area contributed by atoms with E-state index in [9.17, 15) is 4.79 Å². The first-order valence-corrected chi connectivity index (χ1v) is 6.68. The molecule has 0 radical (unpaired) electrons. The van der Waals surface area contributed by atoms with E-state index in [-0.39, 0.29) is 6.61 Å². The summed E-state index contributed by atoms with van der Waals surface area (Å²) >= 11 is 0. The second-order valence-corrected chi connectivity index (χ2v) is 5.36. The largest absolute Gasteiger partial charge is 0.506 e. The third-order valence-corrected chi connectivity index (χ3v) is 2.30. The van der Waals surface area contributed by atoms with Crippen LogP contribution in [0.25, 0.3) is 10.9 Å². The van der Waals surface area contributed by atoms with Crippen molar-refractivity contribution in [1.29, 1.82) is 0 Å². The summed E-state index contributed by atoms with van der Waals surface area (Å²) in [5, 5.41) is 17.6. The minimum absolute atomic E-state index is 0.118. The van der Waals surface area contributed by atoms with Gasteiger partial charge in [-0.05, 0) is 32.9 Å². The Morgan fingerprint density at radius 3 is 2.55 bits per heavy atom. The van der Waals surface area contributed by atoms with E-state index in [0.29, 0.717) is 0 Å². The average Bonchev–Trinajstić information content (AvgIpc) is 2.43. The standard InChI is InChI=1S/C12H9NO.C5H10O3/c14-7-3-4-10-8-11-5-1-2-6-12(11)13-9-10;1-5(2,3)8-4(6)7/h1-2,5-6,8-9,14H,7H2;1-3H3,(H,6,7). The van der Waals surface area contributed by atoms with Crippen LogP contribution in [-0.4, -0.2) is 33.6 Å². The highest BCUT2D eigenvalue weighted by Crippen LogP contribution is 2.11. The number of aliphatic hydroxyl groups excluding tert-OH is 1. The summed E-state index contributed by atoms with van der Waals surface area (Å²) in [5.74, 6) is 5.42.